The Morgan fingerprint density at radius 2 is 1.65 bits per heavy atom. The van der Waals surface area contributed by atoms with Crippen molar-refractivity contribution in [3.63, 3.8) is 0 Å². The summed E-state index contributed by atoms with van der Waals surface area (Å²) >= 11 is 0. The summed E-state index contributed by atoms with van der Waals surface area (Å²) in [6, 6.07) is 11.7. The van der Waals surface area contributed by atoms with Crippen molar-refractivity contribution < 1.29 is 27.5 Å². The van der Waals surface area contributed by atoms with Gasteiger partial charge in [0.1, 0.15) is 6.04 Å². The van der Waals surface area contributed by atoms with E-state index in [4.69, 9.17) is 4.74 Å². The van der Waals surface area contributed by atoms with Gasteiger partial charge in [-0.3, -0.25) is 9.59 Å². The standard InChI is InChI=1S/C25H30N2O6S/c1-17(2)23(26-24(29)20-8-6-7-18(3)15-20)25(30)33-16-22(28)19-9-11-21(12-10-19)34(31,32)27-13-4-5-14-27/h6-12,15,17,23H,4-5,13-14,16H2,1-3H3,(H,26,29)/t23-/m0/s1. The Labute approximate surface area is 200 Å². The Morgan fingerprint density at radius 3 is 2.24 bits per heavy atom. The van der Waals surface area contributed by atoms with Crippen molar-refractivity contribution in [1.29, 1.82) is 0 Å². The van der Waals surface area contributed by atoms with Crippen LogP contribution in [0.2, 0.25) is 0 Å². The van der Waals surface area contributed by atoms with Crippen LogP contribution >= 0.6 is 0 Å². The molecule has 3 rings (SSSR count). The summed E-state index contributed by atoms with van der Waals surface area (Å²) < 4.78 is 31.9. The fourth-order valence-corrected chi connectivity index (χ4v) is 5.23. The summed E-state index contributed by atoms with van der Waals surface area (Å²) in [6.07, 6.45) is 1.67. The van der Waals surface area contributed by atoms with E-state index in [1.54, 1.807) is 32.0 Å². The van der Waals surface area contributed by atoms with Gasteiger partial charge in [0, 0.05) is 24.2 Å². The minimum absolute atomic E-state index is 0.127. The van der Waals surface area contributed by atoms with Gasteiger partial charge >= 0.3 is 5.97 Å². The highest BCUT2D eigenvalue weighted by molar-refractivity contribution is 7.89. The fraction of sp³-hybridized carbons (Fsp3) is 0.400. The summed E-state index contributed by atoms with van der Waals surface area (Å²) in [7, 11) is -3.57. The number of hydrogen-bond donors (Lipinski definition) is 1. The van der Waals surface area contributed by atoms with Crippen LogP contribution < -0.4 is 5.32 Å². The number of nitrogens with zero attached hydrogens (tertiary/aromatic N) is 1. The Morgan fingerprint density at radius 1 is 1.00 bits per heavy atom. The van der Waals surface area contributed by atoms with Crippen molar-refractivity contribution in [3.8, 4) is 0 Å². The van der Waals surface area contributed by atoms with E-state index in [0.29, 0.717) is 18.7 Å². The van der Waals surface area contributed by atoms with Gasteiger partial charge in [-0.25, -0.2) is 13.2 Å². The molecule has 1 saturated heterocycles. The van der Waals surface area contributed by atoms with E-state index in [1.165, 1.54) is 28.6 Å². The number of aryl methyl sites for hydroxylation is 1. The quantitative estimate of drug-likeness (QED) is 0.431. The van der Waals surface area contributed by atoms with Gasteiger partial charge in [-0.1, -0.05) is 31.5 Å². The summed E-state index contributed by atoms with van der Waals surface area (Å²) in [5.41, 5.74) is 1.58. The van der Waals surface area contributed by atoms with Crippen LogP contribution in [0.1, 0.15) is 53.0 Å². The van der Waals surface area contributed by atoms with E-state index >= 15 is 0 Å². The number of ether oxygens (including phenoxy) is 1. The van der Waals surface area contributed by atoms with Crippen molar-refractivity contribution in [3.05, 3.63) is 65.2 Å². The number of rotatable bonds is 9. The maximum atomic E-state index is 12.6. The van der Waals surface area contributed by atoms with Gasteiger partial charge in [-0.15, -0.1) is 0 Å². The Hall–Kier alpha value is -3.04. The first-order chi connectivity index (χ1) is 16.1. The third-order valence-corrected chi connectivity index (χ3v) is 7.62. The number of benzene rings is 2. The van der Waals surface area contributed by atoms with Crippen LogP contribution in [-0.4, -0.2) is 56.1 Å². The van der Waals surface area contributed by atoms with Crippen LogP contribution in [0, 0.1) is 12.8 Å². The molecular weight excluding hydrogens is 456 g/mol. The van der Waals surface area contributed by atoms with Crippen LogP contribution in [0.4, 0.5) is 0 Å². The predicted octanol–water partition coefficient (Wildman–Crippen LogP) is 2.96. The molecule has 0 saturated carbocycles. The molecule has 0 bridgehead atoms. The lowest BCUT2D eigenvalue weighted by molar-refractivity contribution is -0.145. The lowest BCUT2D eigenvalue weighted by Gasteiger charge is -2.21. The van der Waals surface area contributed by atoms with Gasteiger partial charge in [-0.2, -0.15) is 4.31 Å². The molecule has 34 heavy (non-hydrogen) atoms. The van der Waals surface area contributed by atoms with Crippen molar-refractivity contribution in [2.75, 3.05) is 19.7 Å². The molecule has 1 atom stereocenters. The average molecular weight is 487 g/mol. The van der Waals surface area contributed by atoms with Crippen molar-refractivity contribution in [2.24, 2.45) is 5.92 Å². The molecule has 1 aliphatic heterocycles. The minimum Gasteiger partial charge on any atom is -0.456 e. The van der Waals surface area contributed by atoms with Crippen molar-refractivity contribution in [2.45, 2.75) is 44.6 Å². The lowest BCUT2D eigenvalue weighted by atomic mass is 10.0. The van der Waals surface area contributed by atoms with Crippen molar-refractivity contribution >= 4 is 27.7 Å². The molecule has 1 heterocycles. The first-order valence-electron chi connectivity index (χ1n) is 11.3. The number of carbonyl (C=O) groups excluding carboxylic acids is 3. The molecule has 182 valence electrons. The number of Topliss-reactive ketones (excluding diaryl/α,β-unsaturated/α-hetero) is 1. The van der Waals surface area contributed by atoms with Crippen LogP contribution in [-0.2, 0) is 19.6 Å². The van der Waals surface area contributed by atoms with Crippen LogP contribution in [0.15, 0.2) is 53.4 Å². The van der Waals surface area contributed by atoms with Gasteiger partial charge < -0.3 is 10.1 Å². The Balaban J connectivity index is 1.60. The van der Waals surface area contributed by atoms with Gasteiger partial charge in [0.25, 0.3) is 5.91 Å². The first kappa shape index (κ1) is 25.6. The van der Waals surface area contributed by atoms with E-state index in [0.717, 1.165) is 18.4 Å². The summed E-state index contributed by atoms with van der Waals surface area (Å²) in [4.78, 5) is 37.8. The second-order valence-corrected chi connectivity index (χ2v) is 10.7. The van der Waals surface area contributed by atoms with Crippen LogP contribution in [0.5, 0.6) is 0 Å². The topological polar surface area (TPSA) is 110 Å². The first-order valence-corrected chi connectivity index (χ1v) is 12.7. The maximum Gasteiger partial charge on any atom is 0.329 e. The highest BCUT2D eigenvalue weighted by Gasteiger charge is 2.28. The number of ketones is 1. The summed E-state index contributed by atoms with van der Waals surface area (Å²) in [5, 5.41) is 2.68. The molecule has 1 aliphatic rings. The zero-order valence-corrected chi connectivity index (χ0v) is 20.4. The summed E-state index contributed by atoms with van der Waals surface area (Å²) in [6.45, 7) is 5.88. The van der Waals surface area contributed by atoms with Crippen LogP contribution in [0.3, 0.4) is 0 Å². The average Bonchev–Trinajstić information content (AvgIpc) is 3.36. The second kappa shape index (κ2) is 10.9. The van der Waals surface area contributed by atoms with Gasteiger partial charge in [0.2, 0.25) is 10.0 Å². The molecule has 0 unspecified atom stereocenters. The van der Waals surface area contributed by atoms with E-state index < -0.39 is 40.3 Å². The predicted molar refractivity (Wildman–Crippen MR) is 127 cm³/mol. The van der Waals surface area contributed by atoms with Crippen LogP contribution in [0.25, 0.3) is 0 Å². The molecule has 0 aliphatic carbocycles. The molecule has 1 N–H and O–H groups in total. The monoisotopic (exact) mass is 486 g/mol. The second-order valence-electron chi connectivity index (χ2n) is 8.73. The Kier molecular flexibility index (Phi) is 8.22. The van der Waals surface area contributed by atoms with Gasteiger partial charge in [0.15, 0.2) is 12.4 Å². The number of hydrogen-bond acceptors (Lipinski definition) is 6. The number of carbonyl (C=O) groups is 3. The highest BCUT2D eigenvalue weighted by Crippen LogP contribution is 2.21. The van der Waals surface area contributed by atoms with E-state index in [1.807, 2.05) is 13.0 Å². The molecule has 9 heteroatoms. The van der Waals surface area contributed by atoms with Crippen molar-refractivity contribution in [1.82, 2.24) is 9.62 Å². The normalized spacial score (nSPS) is 15.2. The van der Waals surface area contributed by atoms with E-state index in [9.17, 15) is 22.8 Å². The molecule has 0 spiro atoms. The molecule has 2 aromatic carbocycles. The third-order valence-electron chi connectivity index (χ3n) is 5.71. The number of amides is 1. The fourth-order valence-electron chi connectivity index (χ4n) is 3.71. The van der Waals surface area contributed by atoms with E-state index in [2.05, 4.69) is 5.32 Å². The zero-order valence-electron chi connectivity index (χ0n) is 19.6. The smallest absolute Gasteiger partial charge is 0.329 e. The Bertz CT molecular complexity index is 1150. The molecule has 1 fully saturated rings. The summed E-state index contributed by atoms with van der Waals surface area (Å²) in [5.74, 6) is -1.84. The molecule has 0 radical (unpaired) electrons. The zero-order chi connectivity index (χ0) is 24.9. The lowest BCUT2D eigenvalue weighted by Crippen LogP contribution is -2.45. The SMILES string of the molecule is Cc1cccc(C(=O)N[C@H](C(=O)OCC(=O)c2ccc(S(=O)(=O)N3CCCC3)cc2)C(C)C)c1. The van der Waals surface area contributed by atoms with Gasteiger partial charge in [-0.05, 0) is 62.1 Å². The molecule has 8 nitrogen and oxygen atoms in total. The largest absolute Gasteiger partial charge is 0.456 e. The third kappa shape index (κ3) is 6.09. The highest BCUT2D eigenvalue weighted by atomic mass is 32.2. The number of esters is 1. The van der Waals surface area contributed by atoms with E-state index in [-0.39, 0.29) is 16.4 Å². The molecule has 0 aromatic heterocycles. The van der Waals surface area contributed by atoms with Gasteiger partial charge in [0.05, 0.1) is 4.90 Å². The maximum absolute atomic E-state index is 12.6. The number of sulfonamides is 1. The minimum atomic E-state index is -3.57. The molecule has 2 aromatic rings. The molecular formula is C25H30N2O6S. The number of nitrogens with one attached hydrogen (secondary N) is 1. The molecule has 1 amide bonds.